The van der Waals surface area contributed by atoms with Crippen LogP contribution in [0.1, 0.15) is 0 Å². The van der Waals surface area contributed by atoms with Crippen molar-refractivity contribution >= 4 is 23.4 Å². The molecule has 0 radical (unpaired) electrons. The maximum atomic E-state index is 12.2. The molecule has 2 heterocycles. The number of nitrogens with zero attached hydrogens (tertiary/aromatic N) is 3. The van der Waals surface area contributed by atoms with Gasteiger partial charge >= 0.3 is 6.36 Å². The number of hydrogen-bond acceptors (Lipinski definition) is 8. The summed E-state index contributed by atoms with van der Waals surface area (Å²) in [5, 5.41) is 10.7. The molecule has 4 rings (SSSR count). The zero-order valence-electron chi connectivity index (χ0n) is 15.5. The highest BCUT2D eigenvalue weighted by molar-refractivity contribution is 7.99. The number of ether oxygens (including phenoxy) is 3. The van der Waals surface area contributed by atoms with Crippen molar-refractivity contribution in [2.45, 2.75) is 11.5 Å². The minimum atomic E-state index is -4.77. The first-order valence-electron chi connectivity index (χ1n) is 8.74. The molecule has 8 nitrogen and oxygen atoms in total. The Morgan fingerprint density at radius 1 is 1.13 bits per heavy atom. The molecule has 0 saturated carbocycles. The Labute approximate surface area is 177 Å². The minimum absolute atomic E-state index is 0.0208. The molecule has 12 heteroatoms. The highest BCUT2D eigenvalue weighted by Crippen LogP contribution is 2.35. The Bertz CT molecular complexity index is 1100. The maximum absolute atomic E-state index is 12.2. The lowest BCUT2D eigenvalue weighted by Crippen LogP contribution is -2.17. The Balaban J connectivity index is 1.34. The average molecular weight is 450 g/mol. The number of benzene rings is 2. The molecule has 1 aromatic heterocycles. The number of halogens is 3. The number of rotatable bonds is 6. The lowest BCUT2D eigenvalue weighted by molar-refractivity contribution is -0.274. The van der Waals surface area contributed by atoms with Gasteiger partial charge in [0.2, 0.25) is 17.9 Å². The fourth-order valence-electron chi connectivity index (χ4n) is 2.61. The number of aromatic nitrogens is 3. The predicted octanol–water partition coefficient (Wildman–Crippen LogP) is 3.90. The monoisotopic (exact) mass is 450 g/mol. The molecule has 0 saturated heterocycles. The molecule has 0 unspecified atom stereocenters. The number of thioether (sulfide) groups is 1. The second-order valence-corrected chi connectivity index (χ2v) is 7.04. The van der Waals surface area contributed by atoms with E-state index >= 15 is 0 Å². The van der Waals surface area contributed by atoms with Crippen LogP contribution in [-0.2, 0) is 4.79 Å². The highest BCUT2D eigenvalue weighted by atomic mass is 32.2. The molecule has 0 spiro atoms. The van der Waals surface area contributed by atoms with Crippen LogP contribution in [-0.4, -0.2) is 40.0 Å². The van der Waals surface area contributed by atoms with E-state index in [-0.39, 0.29) is 24.2 Å². The van der Waals surface area contributed by atoms with Crippen LogP contribution in [0.4, 0.5) is 18.9 Å². The van der Waals surface area contributed by atoms with Gasteiger partial charge in [-0.05, 0) is 42.5 Å². The van der Waals surface area contributed by atoms with E-state index in [4.69, 9.17) is 9.47 Å². The quantitative estimate of drug-likeness (QED) is 0.565. The van der Waals surface area contributed by atoms with Gasteiger partial charge in [0.15, 0.2) is 11.5 Å². The SMILES string of the molecule is O=C(CSc1nncc(-c2ccc3c(c2)OCO3)n1)Nc1ccc(OC(F)(F)F)cc1. The van der Waals surface area contributed by atoms with Crippen molar-refractivity contribution in [2.75, 3.05) is 17.9 Å². The van der Waals surface area contributed by atoms with Crippen molar-refractivity contribution in [3.05, 3.63) is 48.7 Å². The highest BCUT2D eigenvalue weighted by Gasteiger charge is 2.31. The third kappa shape index (κ3) is 5.54. The normalized spacial score (nSPS) is 12.5. The van der Waals surface area contributed by atoms with Gasteiger partial charge in [-0.2, -0.15) is 5.10 Å². The number of hydrogen-bond donors (Lipinski definition) is 1. The Kier molecular flexibility index (Phi) is 5.80. The van der Waals surface area contributed by atoms with E-state index in [0.717, 1.165) is 29.5 Å². The molecule has 1 aliphatic rings. The average Bonchev–Trinajstić information content (AvgIpc) is 3.21. The van der Waals surface area contributed by atoms with Crippen LogP contribution in [0.25, 0.3) is 11.3 Å². The summed E-state index contributed by atoms with van der Waals surface area (Å²) in [6, 6.07) is 10.2. The Morgan fingerprint density at radius 3 is 2.68 bits per heavy atom. The molecule has 0 atom stereocenters. The summed E-state index contributed by atoms with van der Waals surface area (Å²) in [5.74, 6) is 0.477. The van der Waals surface area contributed by atoms with E-state index in [1.807, 2.05) is 6.07 Å². The third-order valence-electron chi connectivity index (χ3n) is 3.91. The summed E-state index contributed by atoms with van der Waals surface area (Å²) < 4.78 is 51.0. The Hall–Kier alpha value is -3.54. The number of amides is 1. The van der Waals surface area contributed by atoms with Gasteiger partial charge in [0, 0.05) is 11.3 Å². The molecule has 2 aromatic carbocycles. The smallest absolute Gasteiger partial charge is 0.454 e. The van der Waals surface area contributed by atoms with Gasteiger partial charge in [0.1, 0.15) is 5.75 Å². The molecule has 0 fully saturated rings. The lowest BCUT2D eigenvalue weighted by atomic mass is 10.1. The van der Waals surface area contributed by atoms with Gasteiger partial charge in [-0.15, -0.1) is 18.3 Å². The fraction of sp³-hybridized carbons (Fsp3) is 0.158. The molecule has 1 N–H and O–H groups in total. The van der Waals surface area contributed by atoms with Crippen LogP contribution in [0.15, 0.2) is 53.8 Å². The third-order valence-corrected chi connectivity index (χ3v) is 4.75. The zero-order chi connectivity index (χ0) is 21.8. The summed E-state index contributed by atoms with van der Waals surface area (Å²) in [6.45, 7) is 0.162. The zero-order valence-corrected chi connectivity index (χ0v) is 16.4. The van der Waals surface area contributed by atoms with E-state index in [1.165, 1.54) is 18.3 Å². The number of carbonyl (C=O) groups is 1. The number of carbonyl (C=O) groups excluding carboxylic acids is 1. The van der Waals surface area contributed by atoms with Crippen LogP contribution in [0, 0.1) is 0 Å². The molecular formula is C19H13F3N4O4S. The van der Waals surface area contributed by atoms with Crippen LogP contribution in [0.3, 0.4) is 0 Å². The topological polar surface area (TPSA) is 95.5 Å². The van der Waals surface area contributed by atoms with E-state index < -0.39 is 6.36 Å². The molecule has 0 bridgehead atoms. The number of alkyl halides is 3. The van der Waals surface area contributed by atoms with Crippen molar-refractivity contribution in [1.29, 1.82) is 0 Å². The van der Waals surface area contributed by atoms with Crippen molar-refractivity contribution in [1.82, 2.24) is 15.2 Å². The summed E-state index contributed by atoms with van der Waals surface area (Å²) in [6.07, 6.45) is -3.28. The van der Waals surface area contributed by atoms with Crippen molar-refractivity contribution < 1.29 is 32.2 Å². The van der Waals surface area contributed by atoms with E-state index in [9.17, 15) is 18.0 Å². The van der Waals surface area contributed by atoms with Gasteiger partial charge in [-0.25, -0.2) is 4.98 Å². The number of anilines is 1. The number of nitrogens with one attached hydrogen (secondary N) is 1. The van der Waals surface area contributed by atoms with Crippen LogP contribution >= 0.6 is 11.8 Å². The van der Waals surface area contributed by atoms with Gasteiger partial charge in [0.25, 0.3) is 0 Å². The van der Waals surface area contributed by atoms with Crippen LogP contribution in [0.5, 0.6) is 17.2 Å². The molecule has 1 aliphatic heterocycles. The summed E-state index contributed by atoms with van der Waals surface area (Å²) >= 11 is 1.07. The first-order chi connectivity index (χ1) is 14.9. The van der Waals surface area contributed by atoms with E-state index in [1.54, 1.807) is 12.1 Å². The van der Waals surface area contributed by atoms with Gasteiger partial charge in [-0.1, -0.05) is 11.8 Å². The number of fused-ring (bicyclic) bond motifs is 1. The van der Waals surface area contributed by atoms with Gasteiger partial charge in [0.05, 0.1) is 17.6 Å². The van der Waals surface area contributed by atoms with Crippen LogP contribution in [0.2, 0.25) is 0 Å². The molecule has 3 aromatic rings. The van der Waals surface area contributed by atoms with E-state index in [2.05, 4.69) is 25.2 Å². The first kappa shape index (κ1) is 20.7. The fourth-order valence-corrected chi connectivity index (χ4v) is 3.21. The summed E-state index contributed by atoms with van der Waals surface area (Å²) in [5.41, 5.74) is 1.64. The summed E-state index contributed by atoms with van der Waals surface area (Å²) in [4.78, 5) is 16.5. The molecule has 31 heavy (non-hydrogen) atoms. The molecular weight excluding hydrogens is 437 g/mol. The van der Waals surface area contributed by atoms with Gasteiger partial charge in [-0.3, -0.25) is 4.79 Å². The molecule has 1 amide bonds. The minimum Gasteiger partial charge on any atom is -0.454 e. The maximum Gasteiger partial charge on any atom is 0.573 e. The second-order valence-electron chi connectivity index (χ2n) is 6.10. The first-order valence-corrected chi connectivity index (χ1v) is 9.72. The van der Waals surface area contributed by atoms with E-state index in [0.29, 0.717) is 28.0 Å². The summed E-state index contributed by atoms with van der Waals surface area (Å²) in [7, 11) is 0. The second kappa shape index (κ2) is 8.68. The van der Waals surface area contributed by atoms with Crippen molar-refractivity contribution in [3.63, 3.8) is 0 Å². The molecule has 160 valence electrons. The standard InChI is InChI=1S/C19H13F3N4O4S/c20-19(21,22)30-13-4-2-12(3-5-13)24-17(27)9-31-18-25-14(8-23-26-18)11-1-6-15-16(7-11)29-10-28-15/h1-8H,9-10H2,(H,24,27). The molecule has 0 aliphatic carbocycles. The Morgan fingerprint density at radius 2 is 1.90 bits per heavy atom. The predicted molar refractivity (Wildman–Crippen MR) is 104 cm³/mol. The van der Waals surface area contributed by atoms with Crippen molar-refractivity contribution in [2.24, 2.45) is 0 Å². The van der Waals surface area contributed by atoms with Crippen molar-refractivity contribution in [3.8, 4) is 28.5 Å². The van der Waals surface area contributed by atoms with Gasteiger partial charge < -0.3 is 19.5 Å². The van der Waals surface area contributed by atoms with Crippen LogP contribution < -0.4 is 19.5 Å². The lowest BCUT2D eigenvalue weighted by Gasteiger charge is -2.10. The largest absolute Gasteiger partial charge is 0.573 e.